The number of benzene rings is 1. The highest BCUT2D eigenvalue weighted by Gasteiger charge is 2.26. The minimum absolute atomic E-state index is 0.0772. The molecule has 0 spiro atoms. The molecule has 0 heterocycles. The maximum Gasteiger partial charge on any atom is 0.123 e. The van der Waals surface area contributed by atoms with Gasteiger partial charge in [0.05, 0.1) is 14.1 Å². The van der Waals surface area contributed by atoms with Gasteiger partial charge in [0.1, 0.15) is 5.75 Å². The van der Waals surface area contributed by atoms with E-state index in [0.717, 1.165) is 16.7 Å². The minimum atomic E-state index is -0.0772. The van der Waals surface area contributed by atoms with E-state index in [1.807, 2.05) is 31.5 Å². The van der Waals surface area contributed by atoms with Gasteiger partial charge in [0, 0.05) is 5.88 Å². The number of nitrogens with two attached hydrogens (primary N) is 1. The molecule has 1 aromatic rings. The highest BCUT2D eigenvalue weighted by molar-refractivity contribution is 6.17. The Labute approximate surface area is 129 Å². The maximum absolute atomic E-state index is 10.4. The topological polar surface area (TPSA) is 36.8 Å². The molecule has 0 radical (unpaired) electrons. The zero-order chi connectivity index (χ0) is 16.1. The standard InChI is InChI=1S/C15H23ClO.C2H7N/c1-14(2,3)11-7-10(9-16)8-12(13(11)17)15(4,5)6;1-3-2/h7-8,17H,9H2,1-6H3;3H,1-2H3/p+1. The molecule has 0 bridgehead atoms. The van der Waals surface area contributed by atoms with Crippen molar-refractivity contribution in [1.29, 1.82) is 0 Å². The summed E-state index contributed by atoms with van der Waals surface area (Å²) in [5.41, 5.74) is 2.86. The van der Waals surface area contributed by atoms with E-state index in [0.29, 0.717) is 11.6 Å². The summed E-state index contributed by atoms with van der Waals surface area (Å²) in [6, 6.07) is 4.02. The number of quaternary nitrogens is 1. The summed E-state index contributed by atoms with van der Waals surface area (Å²) in [5.74, 6) is 0.894. The summed E-state index contributed by atoms with van der Waals surface area (Å²) in [4.78, 5) is 0. The van der Waals surface area contributed by atoms with Gasteiger partial charge in [-0.1, -0.05) is 53.7 Å². The largest absolute Gasteiger partial charge is 0.507 e. The average molecular weight is 301 g/mol. The molecule has 0 unspecified atom stereocenters. The normalized spacial score (nSPS) is 11.8. The Morgan fingerprint density at radius 2 is 1.25 bits per heavy atom. The highest BCUT2D eigenvalue weighted by Crippen LogP contribution is 2.39. The SMILES string of the molecule is CC(C)(C)c1cc(CCl)cc(C(C)(C)C)c1O.C[NH2+]C. The number of aromatic hydroxyl groups is 1. The fraction of sp³-hybridized carbons (Fsp3) is 0.647. The van der Waals surface area contributed by atoms with Gasteiger partial charge >= 0.3 is 0 Å². The Bertz CT molecular complexity index is 393. The van der Waals surface area contributed by atoms with Crippen molar-refractivity contribution in [3.63, 3.8) is 0 Å². The molecule has 3 N–H and O–H groups in total. The maximum atomic E-state index is 10.4. The van der Waals surface area contributed by atoms with Gasteiger partial charge in [-0.25, -0.2) is 0 Å². The second-order valence-electron chi connectivity index (χ2n) is 7.25. The van der Waals surface area contributed by atoms with Crippen molar-refractivity contribution in [2.45, 2.75) is 58.3 Å². The van der Waals surface area contributed by atoms with E-state index in [1.165, 1.54) is 0 Å². The average Bonchev–Trinajstić information content (AvgIpc) is 2.27. The van der Waals surface area contributed by atoms with Gasteiger partial charge in [-0.05, 0) is 27.5 Å². The Morgan fingerprint density at radius 3 is 1.45 bits per heavy atom. The first-order chi connectivity index (χ1) is 8.98. The lowest BCUT2D eigenvalue weighted by Crippen LogP contribution is -2.74. The Balaban J connectivity index is 0.00000110. The number of phenols is 1. The van der Waals surface area contributed by atoms with E-state index in [2.05, 4.69) is 41.5 Å². The van der Waals surface area contributed by atoms with E-state index in [-0.39, 0.29) is 10.8 Å². The summed E-state index contributed by atoms with van der Waals surface area (Å²) in [7, 11) is 4.00. The van der Waals surface area contributed by atoms with Crippen LogP contribution >= 0.6 is 11.6 Å². The van der Waals surface area contributed by atoms with Crippen LogP contribution < -0.4 is 5.32 Å². The Kier molecular flexibility index (Phi) is 7.06. The van der Waals surface area contributed by atoms with Crippen LogP contribution in [0.1, 0.15) is 58.2 Å². The second-order valence-corrected chi connectivity index (χ2v) is 7.52. The van der Waals surface area contributed by atoms with Crippen LogP contribution in [0.2, 0.25) is 0 Å². The van der Waals surface area contributed by atoms with Gasteiger partial charge < -0.3 is 10.4 Å². The van der Waals surface area contributed by atoms with Crippen molar-refractivity contribution in [2.75, 3.05) is 14.1 Å². The molecule has 0 aromatic heterocycles. The molecule has 20 heavy (non-hydrogen) atoms. The highest BCUT2D eigenvalue weighted by atomic mass is 35.5. The molecule has 3 heteroatoms. The van der Waals surface area contributed by atoms with Crippen molar-refractivity contribution in [3.05, 3.63) is 28.8 Å². The lowest BCUT2D eigenvalue weighted by molar-refractivity contribution is -0.597. The Morgan fingerprint density at radius 1 is 0.950 bits per heavy atom. The van der Waals surface area contributed by atoms with Crippen LogP contribution in [0.25, 0.3) is 0 Å². The molecule has 0 atom stereocenters. The first kappa shape index (κ1) is 19.3. The van der Waals surface area contributed by atoms with Gasteiger partial charge in [-0.3, -0.25) is 0 Å². The molecule has 0 fully saturated rings. The fourth-order valence-corrected chi connectivity index (χ4v) is 2.07. The summed E-state index contributed by atoms with van der Waals surface area (Å²) >= 11 is 5.94. The van der Waals surface area contributed by atoms with E-state index >= 15 is 0 Å². The predicted molar refractivity (Wildman–Crippen MR) is 88.8 cm³/mol. The fourth-order valence-electron chi connectivity index (χ4n) is 1.91. The van der Waals surface area contributed by atoms with Crippen molar-refractivity contribution in [2.24, 2.45) is 0 Å². The van der Waals surface area contributed by atoms with Crippen molar-refractivity contribution < 1.29 is 10.4 Å². The molecule has 0 amide bonds. The van der Waals surface area contributed by atoms with Gasteiger partial charge in [0.25, 0.3) is 0 Å². The van der Waals surface area contributed by atoms with Gasteiger partial charge in [-0.15, -0.1) is 11.6 Å². The number of hydrogen-bond donors (Lipinski definition) is 2. The van der Waals surface area contributed by atoms with Crippen LogP contribution in [-0.4, -0.2) is 19.2 Å². The van der Waals surface area contributed by atoms with Gasteiger partial charge in [0.15, 0.2) is 0 Å². The molecular weight excluding hydrogens is 270 g/mol. The third kappa shape index (κ3) is 5.34. The number of rotatable bonds is 1. The molecular formula is C17H31ClNO+. The third-order valence-corrected chi connectivity index (χ3v) is 3.25. The van der Waals surface area contributed by atoms with E-state index < -0.39 is 0 Å². The third-order valence-electron chi connectivity index (χ3n) is 2.94. The lowest BCUT2D eigenvalue weighted by Gasteiger charge is -2.28. The summed E-state index contributed by atoms with van der Waals surface area (Å²) in [6.07, 6.45) is 0. The molecule has 0 saturated heterocycles. The monoisotopic (exact) mass is 300 g/mol. The second kappa shape index (κ2) is 7.33. The van der Waals surface area contributed by atoms with E-state index in [9.17, 15) is 5.11 Å². The predicted octanol–water partition coefficient (Wildman–Crippen LogP) is 3.54. The molecule has 0 aliphatic rings. The molecule has 116 valence electrons. The smallest absolute Gasteiger partial charge is 0.123 e. The van der Waals surface area contributed by atoms with Crippen LogP contribution in [0.15, 0.2) is 12.1 Å². The molecule has 1 aromatic carbocycles. The number of hydrogen-bond acceptors (Lipinski definition) is 1. The lowest BCUT2D eigenvalue weighted by atomic mass is 9.78. The number of phenolic OH excluding ortho intramolecular Hbond substituents is 1. The van der Waals surface area contributed by atoms with Crippen LogP contribution in [0, 0.1) is 0 Å². The van der Waals surface area contributed by atoms with E-state index in [4.69, 9.17) is 11.6 Å². The molecule has 2 nitrogen and oxygen atoms in total. The molecule has 0 aliphatic carbocycles. The summed E-state index contributed by atoms with van der Waals surface area (Å²) in [6.45, 7) is 12.6. The minimum Gasteiger partial charge on any atom is -0.507 e. The van der Waals surface area contributed by atoms with Crippen LogP contribution in [0.4, 0.5) is 0 Å². The van der Waals surface area contributed by atoms with Gasteiger partial charge in [0.2, 0.25) is 0 Å². The first-order valence-corrected chi connectivity index (χ1v) is 7.69. The quantitative estimate of drug-likeness (QED) is 0.765. The summed E-state index contributed by atoms with van der Waals surface area (Å²) in [5, 5.41) is 12.4. The molecule has 0 aliphatic heterocycles. The van der Waals surface area contributed by atoms with E-state index in [1.54, 1.807) is 0 Å². The van der Waals surface area contributed by atoms with Crippen LogP contribution in [0.3, 0.4) is 0 Å². The zero-order valence-corrected chi connectivity index (χ0v) is 15.0. The molecule has 1 rings (SSSR count). The van der Waals surface area contributed by atoms with Crippen LogP contribution in [-0.2, 0) is 16.7 Å². The zero-order valence-electron chi connectivity index (χ0n) is 14.3. The van der Waals surface area contributed by atoms with Crippen molar-refractivity contribution in [1.82, 2.24) is 0 Å². The number of alkyl halides is 1. The first-order valence-electron chi connectivity index (χ1n) is 7.15. The van der Waals surface area contributed by atoms with Crippen molar-refractivity contribution >= 4 is 11.6 Å². The van der Waals surface area contributed by atoms with Crippen molar-refractivity contribution in [3.8, 4) is 5.75 Å². The van der Waals surface area contributed by atoms with Crippen LogP contribution in [0.5, 0.6) is 5.75 Å². The molecule has 0 saturated carbocycles. The van der Waals surface area contributed by atoms with Gasteiger partial charge in [-0.2, -0.15) is 0 Å². The summed E-state index contributed by atoms with van der Waals surface area (Å²) < 4.78 is 0. The number of halogens is 1. The Hall–Kier alpha value is -0.730.